The van der Waals surface area contributed by atoms with Crippen LogP contribution in [0.1, 0.15) is 18.7 Å². The van der Waals surface area contributed by atoms with Crippen LogP contribution in [0.4, 0.5) is 11.5 Å². The van der Waals surface area contributed by atoms with Gasteiger partial charge in [-0.05, 0) is 11.6 Å². The van der Waals surface area contributed by atoms with E-state index in [1.54, 1.807) is 6.20 Å². The van der Waals surface area contributed by atoms with Crippen LogP contribution in [-0.4, -0.2) is 52.5 Å². The van der Waals surface area contributed by atoms with Crippen molar-refractivity contribution in [2.24, 2.45) is 0 Å². The molecule has 1 atom stereocenters. The van der Waals surface area contributed by atoms with Gasteiger partial charge in [0.25, 0.3) is 0 Å². The predicted molar refractivity (Wildman–Crippen MR) is 83.7 cm³/mol. The number of hydrogen-bond acceptors (Lipinski definition) is 8. The largest absolute Gasteiger partial charge is 0.423 e. The van der Waals surface area contributed by atoms with Gasteiger partial charge in [-0.2, -0.15) is 4.98 Å². The van der Waals surface area contributed by atoms with Crippen LogP contribution in [0.15, 0.2) is 10.6 Å². The Balaban J connectivity index is 1.66. The Bertz CT molecular complexity index is 708. The molecular weight excluding hydrogens is 320 g/mol. The van der Waals surface area contributed by atoms with Crippen molar-refractivity contribution in [1.29, 1.82) is 0 Å². The van der Waals surface area contributed by atoms with Gasteiger partial charge in [-0.3, -0.25) is 0 Å². The smallest absolute Gasteiger partial charge is 0.235 e. The highest BCUT2D eigenvalue weighted by atomic mass is 35.5. The van der Waals surface area contributed by atoms with Crippen molar-refractivity contribution >= 4 is 23.1 Å². The van der Waals surface area contributed by atoms with Crippen molar-refractivity contribution in [3.8, 4) is 0 Å². The Hall–Kier alpha value is -1.93. The van der Waals surface area contributed by atoms with Crippen molar-refractivity contribution < 1.29 is 9.15 Å². The highest BCUT2D eigenvalue weighted by molar-refractivity contribution is 6.28. The van der Waals surface area contributed by atoms with Crippen LogP contribution in [0.5, 0.6) is 0 Å². The highest BCUT2D eigenvalue weighted by Gasteiger charge is 2.35. The second kappa shape index (κ2) is 5.93. The maximum Gasteiger partial charge on any atom is 0.235 e. The van der Waals surface area contributed by atoms with Crippen molar-refractivity contribution in [3.63, 3.8) is 0 Å². The number of halogens is 1. The van der Waals surface area contributed by atoms with Gasteiger partial charge in [0.15, 0.2) is 5.82 Å². The van der Waals surface area contributed by atoms with E-state index in [1.807, 2.05) is 6.92 Å². The first kappa shape index (κ1) is 14.6. The molecule has 0 radical (unpaired) electrons. The molecule has 4 rings (SSSR count). The molecule has 0 unspecified atom stereocenters. The Kier molecular flexibility index (Phi) is 3.78. The van der Waals surface area contributed by atoms with Gasteiger partial charge in [-0.25, -0.2) is 4.98 Å². The van der Waals surface area contributed by atoms with Crippen molar-refractivity contribution in [2.45, 2.75) is 25.9 Å². The molecule has 2 aromatic heterocycles. The fourth-order valence-corrected chi connectivity index (χ4v) is 3.15. The molecule has 1 fully saturated rings. The third kappa shape index (κ3) is 2.72. The SMILES string of the molecule is CCc1nnc(CN2C[C@@H]3COCCN3c3nc(Cl)ncc32)o1. The van der Waals surface area contributed by atoms with E-state index in [2.05, 4.69) is 30.0 Å². The number of hydrogen-bond donors (Lipinski definition) is 0. The van der Waals surface area contributed by atoms with Crippen LogP contribution in [0, 0.1) is 0 Å². The van der Waals surface area contributed by atoms with Crippen LogP contribution >= 0.6 is 11.6 Å². The van der Waals surface area contributed by atoms with E-state index in [0.29, 0.717) is 31.5 Å². The zero-order valence-corrected chi connectivity index (χ0v) is 13.5. The van der Waals surface area contributed by atoms with Gasteiger partial charge < -0.3 is 19.0 Å². The molecule has 0 bridgehead atoms. The zero-order chi connectivity index (χ0) is 15.8. The molecule has 8 nitrogen and oxygen atoms in total. The van der Waals surface area contributed by atoms with Gasteiger partial charge in [0.2, 0.25) is 17.1 Å². The third-order valence-electron chi connectivity index (χ3n) is 4.13. The van der Waals surface area contributed by atoms with Gasteiger partial charge in [-0.15, -0.1) is 10.2 Å². The number of aromatic nitrogens is 4. The molecule has 0 aromatic carbocycles. The summed E-state index contributed by atoms with van der Waals surface area (Å²) in [5.41, 5.74) is 0.934. The lowest BCUT2D eigenvalue weighted by Gasteiger charge is -2.45. The maximum atomic E-state index is 6.00. The van der Waals surface area contributed by atoms with Crippen molar-refractivity contribution in [1.82, 2.24) is 20.2 Å². The second-order valence-electron chi connectivity index (χ2n) is 5.59. The second-order valence-corrected chi connectivity index (χ2v) is 5.93. The lowest BCUT2D eigenvalue weighted by atomic mass is 10.1. The minimum atomic E-state index is 0.232. The van der Waals surface area contributed by atoms with E-state index >= 15 is 0 Å². The molecule has 2 aromatic rings. The highest BCUT2D eigenvalue weighted by Crippen LogP contribution is 2.35. The van der Waals surface area contributed by atoms with Gasteiger partial charge in [0, 0.05) is 19.5 Å². The number of anilines is 2. The molecule has 122 valence electrons. The summed E-state index contributed by atoms with van der Waals surface area (Å²) in [6.07, 6.45) is 2.49. The van der Waals surface area contributed by atoms with E-state index in [4.69, 9.17) is 20.8 Å². The third-order valence-corrected chi connectivity index (χ3v) is 4.31. The number of morpholine rings is 1. The summed E-state index contributed by atoms with van der Waals surface area (Å²) in [5, 5.41) is 8.38. The quantitative estimate of drug-likeness (QED) is 0.776. The minimum absolute atomic E-state index is 0.232. The van der Waals surface area contributed by atoms with E-state index in [1.165, 1.54) is 0 Å². The molecule has 9 heteroatoms. The Morgan fingerprint density at radius 1 is 1.35 bits per heavy atom. The normalized spacial score (nSPS) is 20.3. The van der Waals surface area contributed by atoms with Crippen LogP contribution < -0.4 is 9.80 Å². The summed E-state index contributed by atoms with van der Waals surface area (Å²) in [7, 11) is 0. The van der Waals surface area contributed by atoms with Crippen LogP contribution in [-0.2, 0) is 17.7 Å². The van der Waals surface area contributed by atoms with Gasteiger partial charge in [0.05, 0.1) is 37.7 Å². The van der Waals surface area contributed by atoms with Gasteiger partial charge in [0.1, 0.15) is 0 Å². The average molecular weight is 337 g/mol. The molecule has 0 aliphatic carbocycles. The monoisotopic (exact) mass is 336 g/mol. The molecule has 23 heavy (non-hydrogen) atoms. The van der Waals surface area contributed by atoms with E-state index < -0.39 is 0 Å². The standard InChI is InChI=1S/C14H17ClN6O2/c1-2-11-18-19-12(23-11)7-20-6-9-8-22-4-3-21(9)13-10(20)5-16-14(15)17-13/h5,9H,2-4,6-8H2,1H3/t9-/m1/s1. The predicted octanol–water partition coefficient (Wildman–Crippen LogP) is 1.30. The molecule has 0 saturated carbocycles. The molecule has 0 spiro atoms. The number of ether oxygens (including phenoxy) is 1. The van der Waals surface area contributed by atoms with Gasteiger partial charge >= 0.3 is 0 Å². The first-order chi connectivity index (χ1) is 11.2. The van der Waals surface area contributed by atoms with Crippen LogP contribution in [0.3, 0.4) is 0 Å². The van der Waals surface area contributed by atoms with Gasteiger partial charge in [-0.1, -0.05) is 6.92 Å². The lowest BCUT2D eigenvalue weighted by Crippen LogP contribution is -2.55. The molecule has 0 amide bonds. The number of fused-ring (bicyclic) bond motifs is 3. The maximum absolute atomic E-state index is 6.00. The van der Waals surface area contributed by atoms with Crippen LogP contribution in [0.25, 0.3) is 0 Å². The summed E-state index contributed by atoms with van der Waals surface area (Å²) in [4.78, 5) is 13.0. The summed E-state index contributed by atoms with van der Waals surface area (Å²) in [5.74, 6) is 2.08. The topological polar surface area (TPSA) is 80.4 Å². The van der Waals surface area contributed by atoms with Crippen LogP contribution in [0.2, 0.25) is 5.28 Å². The van der Waals surface area contributed by atoms with E-state index in [-0.39, 0.29) is 11.3 Å². The summed E-state index contributed by atoms with van der Waals surface area (Å²) < 4.78 is 11.2. The zero-order valence-electron chi connectivity index (χ0n) is 12.8. The van der Waals surface area contributed by atoms with E-state index in [9.17, 15) is 0 Å². The molecule has 2 aliphatic rings. The number of aryl methyl sites for hydroxylation is 1. The fraction of sp³-hybridized carbons (Fsp3) is 0.571. The Morgan fingerprint density at radius 2 is 2.22 bits per heavy atom. The lowest BCUT2D eigenvalue weighted by molar-refractivity contribution is 0.0934. The van der Waals surface area contributed by atoms with Crippen molar-refractivity contribution in [3.05, 3.63) is 23.3 Å². The first-order valence-corrected chi connectivity index (χ1v) is 8.05. The fourth-order valence-electron chi connectivity index (χ4n) is 3.03. The van der Waals surface area contributed by atoms with Crippen molar-refractivity contribution in [2.75, 3.05) is 36.1 Å². The van der Waals surface area contributed by atoms with E-state index in [0.717, 1.165) is 31.0 Å². The summed E-state index contributed by atoms with van der Waals surface area (Å²) >= 11 is 6.00. The Morgan fingerprint density at radius 3 is 3.04 bits per heavy atom. The molecule has 4 heterocycles. The average Bonchev–Trinajstić information content (AvgIpc) is 3.02. The number of nitrogens with zero attached hydrogens (tertiary/aromatic N) is 6. The summed E-state index contributed by atoms with van der Waals surface area (Å²) in [6.45, 7) is 5.47. The first-order valence-electron chi connectivity index (χ1n) is 7.67. The minimum Gasteiger partial charge on any atom is -0.423 e. The molecular formula is C14H17ClN6O2. The number of rotatable bonds is 3. The summed E-state index contributed by atoms with van der Waals surface area (Å²) in [6, 6.07) is 0.232. The molecule has 2 aliphatic heterocycles. The molecule has 1 saturated heterocycles. The molecule has 0 N–H and O–H groups in total. The Labute approximate surface area is 138 Å².